The zero-order chi connectivity index (χ0) is 20.6. The summed E-state index contributed by atoms with van der Waals surface area (Å²) >= 11 is 6.16. The van der Waals surface area contributed by atoms with E-state index in [4.69, 9.17) is 11.6 Å². The maximum atomic E-state index is 12.9. The molecule has 0 spiro atoms. The Labute approximate surface area is 174 Å². The van der Waals surface area contributed by atoms with Gasteiger partial charge in [0, 0.05) is 18.7 Å². The quantitative estimate of drug-likeness (QED) is 0.645. The van der Waals surface area contributed by atoms with E-state index in [-0.39, 0.29) is 21.5 Å². The number of aromatic nitrogens is 2. The van der Waals surface area contributed by atoms with Gasteiger partial charge in [0.2, 0.25) is 10.0 Å². The van der Waals surface area contributed by atoms with Gasteiger partial charge in [-0.25, -0.2) is 13.4 Å². The van der Waals surface area contributed by atoms with Crippen LogP contribution in [-0.4, -0.2) is 41.7 Å². The molecule has 2 aromatic carbocycles. The lowest BCUT2D eigenvalue weighted by Gasteiger charge is -2.17. The van der Waals surface area contributed by atoms with E-state index in [1.54, 1.807) is 0 Å². The Kier molecular flexibility index (Phi) is 5.33. The average Bonchev–Trinajstić information content (AvgIpc) is 3.38. The number of rotatable bonds is 5. The van der Waals surface area contributed by atoms with Crippen molar-refractivity contribution in [3.8, 4) is 0 Å². The van der Waals surface area contributed by atoms with Crippen LogP contribution in [0.25, 0.3) is 11.0 Å². The fraction of sp³-hybridized carbons (Fsp3) is 0.300. The van der Waals surface area contributed by atoms with Crippen LogP contribution in [0.1, 0.15) is 42.0 Å². The van der Waals surface area contributed by atoms with Gasteiger partial charge in [-0.2, -0.15) is 4.31 Å². The second kappa shape index (κ2) is 7.78. The molecule has 0 aliphatic carbocycles. The first kappa shape index (κ1) is 19.9. The molecule has 3 aromatic rings. The highest BCUT2D eigenvalue weighted by Gasteiger charge is 2.30. The van der Waals surface area contributed by atoms with Crippen LogP contribution in [0.5, 0.6) is 0 Å². The lowest BCUT2D eigenvalue weighted by Crippen LogP contribution is -2.29. The predicted octanol–water partition coefficient (Wildman–Crippen LogP) is 3.49. The van der Waals surface area contributed by atoms with Gasteiger partial charge >= 0.3 is 0 Å². The number of nitrogens with zero attached hydrogens (tertiary/aromatic N) is 2. The molecule has 4 rings (SSSR count). The smallest absolute Gasteiger partial charge is 0.251 e. The summed E-state index contributed by atoms with van der Waals surface area (Å²) in [7, 11) is -3.72. The Morgan fingerprint density at radius 2 is 1.93 bits per heavy atom. The molecule has 1 aromatic heterocycles. The molecule has 0 bridgehead atoms. The van der Waals surface area contributed by atoms with Gasteiger partial charge in [0.05, 0.1) is 22.1 Å². The lowest BCUT2D eigenvalue weighted by molar-refractivity contribution is 0.0938. The van der Waals surface area contributed by atoms with Crippen LogP contribution in [-0.2, 0) is 10.0 Å². The molecule has 1 fully saturated rings. The third-order valence-corrected chi connectivity index (χ3v) is 7.42. The molecule has 1 unspecified atom stereocenters. The summed E-state index contributed by atoms with van der Waals surface area (Å²) < 4.78 is 27.1. The van der Waals surface area contributed by atoms with E-state index in [1.165, 1.54) is 22.5 Å². The van der Waals surface area contributed by atoms with Crippen molar-refractivity contribution < 1.29 is 13.2 Å². The number of carbonyl (C=O) groups is 1. The molecular formula is C20H21ClN4O3S. The number of hydrogen-bond donors (Lipinski definition) is 2. The number of halogens is 1. The summed E-state index contributed by atoms with van der Waals surface area (Å²) in [6, 6.07) is 11.5. The van der Waals surface area contributed by atoms with Crippen molar-refractivity contribution in [2.24, 2.45) is 0 Å². The SMILES string of the molecule is CC(NC(=O)c1ccc(Cl)c(S(=O)(=O)N2CCCC2)c1)c1nc2ccccc2[nH]1. The van der Waals surface area contributed by atoms with E-state index in [9.17, 15) is 13.2 Å². The second-order valence-corrected chi connectivity index (χ2v) is 9.40. The summed E-state index contributed by atoms with van der Waals surface area (Å²) in [5, 5.41) is 2.97. The van der Waals surface area contributed by atoms with Gasteiger partial charge in [0.1, 0.15) is 10.7 Å². The average molecular weight is 433 g/mol. The molecule has 0 radical (unpaired) electrons. The number of amides is 1. The highest BCUT2D eigenvalue weighted by Crippen LogP contribution is 2.28. The standard InChI is InChI=1S/C20H21ClN4O3S/c1-13(19-23-16-6-2-3-7-17(16)24-19)22-20(26)14-8-9-15(21)18(12-14)29(27,28)25-10-4-5-11-25/h2-3,6-9,12-13H,4-5,10-11H2,1H3,(H,22,26)(H,23,24). The minimum absolute atomic E-state index is 0.0369. The monoisotopic (exact) mass is 432 g/mol. The number of sulfonamides is 1. The Morgan fingerprint density at radius 3 is 2.66 bits per heavy atom. The topological polar surface area (TPSA) is 95.2 Å². The maximum absolute atomic E-state index is 12.9. The van der Waals surface area contributed by atoms with E-state index in [1.807, 2.05) is 31.2 Å². The van der Waals surface area contributed by atoms with Gasteiger partial charge in [-0.05, 0) is 50.1 Å². The first-order valence-electron chi connectivity index (χ1n) is 9.41. The van der Waals surface area contributed by atoms with Gasteiger partial charge in [0.15, 0.2) is 0 Å². The van der Waals surface area contributed by atoms with Gasteiger partial charge in [-0.1, -0.05) is 23.7 Å². The van der Waals surface area contributed by atoms with Gasteiger partial charge in [-0.15, -0.1) is 0 Å². The van der Waals surface area contributed by atoms with Crippen molar-refractivity contribution in [3.63, 3.8) is 0 Å². The van der Waals surface area contributed by atoms with Crippen LogP contribution in [0, 0.1) is 0 Å². The Hall–Kier alpha value is -2.42. The predicted molar refractivity (Wildman–Crippen MR) is 111 cm³/mol. The van der Waals surface area contributed by atoms with Crippen molar-refractivity contribution in [1.29, 1.82) is 0 Å². The number of H-pyrrole nitrogens is 1. The number of hydrogen-bond acceptors (Lipinski definition) is 4. The third-order valence-electron chi connectivity index (χ3n) is 5.04. The summed E-state index contributed by atoms with van der Waals surface area (Å²) in [5.74, 6) is 0.228. The first-order chi connectivity index (χ1) is 13.9. The van der Waals surface area contributed by atoms with Crippen LogP contribution < -0.4 is 5.32 Å². The summed E-state index contributed by atoms with van der Waals surface area (Å²) in [6.07, 6.45) is 1.65. The van der Waals surface area contributed by atoms with E-state index in [2.05, 4.69) is 15.3 Å². The minimum atomic E-state index is -3.72. The highest BCUT2D eigenvalue weighted by atomic mass is 35.5. The first-order valence-corrected chi connectivity index (χ1v) is 11.2. The molecule has 152 valence electrons. The molecule has 1 amide bonds. The van der Waals surface area contributed by atoms with E-state index in [0.717, 1.165) is 23.9 Å². The van der Waals surface area contributed by atoms with Crippen molar-refractivity contribution in [2.45, 2.75) is 30.7 Å². The number of carbonyl (C=O) groups excluding carboxylic acids is 1. The largest absolute Gasteiger partial charge is 0.342 e. The van der Waals surface area contributed by atoms with Crippen molar-refractivity contribution in [2.75, 3.05) is 13.1 Å². The van der Waals surface area contributed by atoms with Crippen LogP contribution in [0.15, 0.2) is 47.4 Å². The van der Waals surface area contributed by atoms with Crippen molar-refractivity contribution >= 4 is 38.6 Å². The van der Waals surface area contributed by atoms with Crippen LogP contribution >= 0.6 is 11.6 Å². The molecular weight excluding hydrogens is 412 g/mol. The maximum Gasteiger partial charge on any atom is 0.251 e. The number of nitrogens with one attached hydrogen (secondary N) is 2. The molecule has 0 saturated carbocycles. The molecule has 7 nitrogen and oxygen atoms in total. The Bertz CT molecular complexity index is 1140. The lowest BCUT2D eigenvalue weighted by atomic mass is 10.2. The highest BCUT2D eigenvalue weighted by molar-refractivity contribution is 7.89. The Morgan fingerprint density at radius 1 is 1.21 bits per heavy atom. The summed E-state index contributed by atoms with van der Waals surface area (Å²) in [4.78, 5) is 20.4. The van der Waals surface area contributed by atoms with Crippen LogP contribution in [0.4, 0.5) is 0 Å². The van der Waals surface area contributed by atoms with Gasteiger partial charge < -0.3 is 10.3 Å². The molecule has 2 heterocycles. The van der Waals surface area contributed by atoms with E-state index >= 15 is 0 Å². The number of imidazole rings is 1. The van der Waals surface area contributed by atoms with Gasteiger partial charge in [-0.3, -0.25) is 4.79 Å². The zero-order valence-electron chi connectivity index (χ0n) is 15.9. The van der Waals surface area contributed by atoms with E-state index in [0.29, 0.717) is 18.9 Å². The van der Waals surface area contributed by atoms with E-state index < -0.39 is 15.9 Å². The molecule has 1 aliphatic heterocycles. The van der Waals surface area contributed by atoms with Crippen molar-refractivity contribution in [1.82, 2.24) is 19.6 Å². The summed E-state index contributed by atoms with van der Waals surface area (Å²) in [6.45, 7) is 2.75. The van der Waals surface area contributed by atoms with Crippen LogP contribution in [0.3, 0.4) is 0 Å². The molecule has 9 heteroatoms. The fourth-order valence-corrected chi connectivity index (χ4v) is 5.45. The number of fused-ring (bicyclic) bond motifs is 1. The molecule has 1 aliphatic rings. The zero-order valence-corrected chi connectivity index (χ0v) is 17.4. The summed E-state index contributed by atoms with van der Waals surface area (Å²) in [5.41, 5.74) is 1.93. The number of para-hydroxylation sites is 2. The third kappa shape index (κ3) is 3.88. The molecule has 1 saturated heterocycles. The normalized spacial score (nSPS) is 16.2. The molecule has 1 atom stereocenters. The second-order valence-electron chi connectivity index (χ2n) is 7.09. The molecule has 2 N–H and O–H groups in total. The molecule has 29 heavy (non-hydrogen) atoms. The Balaban J connectivity index is 1.57. The van der Waals surface area contributed by atoms with Gasteiger partial charge in [0.25, 0.3) is 5.91 Å². The van der Waals surface area contributed by atoms with Crippen molar-refractivity contribution in [3.05, 3.63) is 58.9 Å². The number of benzene rings is 2. The number of aromatic amines is 1. The minimum Gasteiger partial charge on any atom is -0.342 e. The van der Waals surface area contributed by atoms with Crippen LogP contribution in [0.2, 0.25) is 5.02 Å². The fourth-order valence-electron chi connectivity index (χ4n) is 3.44.